The Morgan fingerprint density at radius 2 is 2.00 bits per heavy atom. The monoisotopic (exact) mass is 335 g/mol. The van der Waals surface area contributed by atoms with Crippen LogP contribution < -0.4 is 5.32 Å². The van der Waals surface area contributed by atoms with Gasteiger partial charge in [0.15, 0.2) is 0 Å². The molecule has 5 heteroatoms. The van der Waals surface area contributed by atoms with Gasteiger partial charge in [0, 0.05) is 15.9 Å². The van der Waals surface area contributed by atoms with E-state index in [2.05, 4.69) is 21.2 Å². The van der Waals surface area contributed by atoms with Gasteiger partial charge in [0.1, 0.15) is 5.82 Å². The summed E-state index contributed by atoms with van der Waals surface area (Å²) in [5.74, 6) is -0.416. The maximum absolute atomic E-state index is 13.2. The van der Waals surface area contributed by atoms with Crippen molar-refractivity contribution >= 4 is 33.4 Å². The molecule has 18 heavy (non-hydrogen) atoms. The van der Waals surface area contributed by atoms with Gasteiger partial charge >= 0.3 is 0 Å². The van der Waals surface area contributed by atoms with Crippen LogP contribution in [0.15, 0.2) is 22.7 Å². The number of hydrogen-bond acceptors (Lipinski definition) is 1. The third-order valence-electron chi connectivity index (χ3n) is 3.11. The minimum absolute atomic E-state index is 0.290. The molecule has 100 valence electrons. The van der Waals surface area contributed by atoms with E-state index < -0.39 is 11.4 Å². The highest BCUT2D eigenvalue weighted by atomic mass is 79.9. The van der Waals surface area contributed by atoms with Gasteiger partial charge in [0.05, 0.1) is 5.54 Å². The van der Waals surface area contributed by atoms with Gasteiger partial charge in [0.25, 0.3) is 5.91 Å². The second kappa shape index (κ2) is 6.53. The van der Waals surface area contributed by atoms with Crippen LogP contribution in [0.5, 0.6) is 0 Å². The average molecular weight is 337 g/mol. The largest absolute Gasteiger partial charge is 0.345 e. The quantitative estimate of drug-likeness (QED) is 0.805. The third kappa shape index (κ3) is 3.69. The van der Waals surface area contributed by atoms with Crippen molar-refractivity contribution in [1.29, 1.82) is 0 Å². The van der Waals surface area contributed by atoms with Crippen LogP contribution in [0.25, 0.3) is 0 Å². The standard InChI is InChI=1S/C13H16BrClFNO/c1-3-13(4-2,8-15)17-12(18)9-5-10(14)7-11(16)6-9/h5-7H,3-4,8H2,1-2H3,(H,17,18). The van der Waals surface area contributed by atoms with E-state index >= 15 is 0 Å². The molecule has 1 aromatic carbocycles. The molecule has 0 unspecified atom stereocenters. The minimum atomic E-state index is -0.445. The first kappa shape index (κ1) is 15.4. The van der Waals surface area contributed by atoms with E-state index in [0.29, 0.717) is 15.9 Å². The van der Waals surface area contributed by atoms with Gasteiger partial charge in [-0.3, -0.25) is 4.79 Å². The second-order valence-electron chi connectivity index (χ2n) is 4.23. The molecule has 0 fully saturated rings. The van der Waals surface area contributed by atoms with E-state index in [-0.39, 0.29) is 5.91 Å². The summed E-state index contributed by atoms with van der Waals surface area (Å²) in [5.41, 5.74) is -0.143. The summed E-state index contributed by atoms with van der Waals surface area (Å²) < 4.78 is 13.8. The lowest BCUT2D eigenvalue weighted by atomic mass is 9.94. The molecule has 2 nitrogen and oxygen atoms in total. The van der Waals surface area contributed by atoms with Crippen molar-refractivity contribution in [3.8, 4) is 0 Å². The van der Waals surface area contributed by atoms with Gasteiger partial charge in [-0.25, -0.2) is 4.39 Å². The second-order valence-corrected chi connectivity index (χ2v) is 5.42. The third-order valence-corrected chi connectivity index (χ3v) is 4.08. The highest BCUT2D eigenvalue weighted by Crippen LogP contribution is 2.20. The number of benzene rings is 1. The molecule has 1 rings (SSSR count). The van der Waals surface area contributed by atoms with Crippen molar-refractivity contribution in [3.63, 3.8) is 0 Å². The number of carbonyl (C=O) groups is 1. The van der Waals surface area contributed by atoms with Crippen molar-refractivity contribution in [2.45, 2.75) is 32.2 Å². The van der Waals surface area contributed by atoms with Crippen molar-refractivity contribution in [3.05, 3.63) is 34.1 Å². The number of halogens is 3. The summed E-state index contributed by atoms with van der Waals surface area (Å²) in [5, 5.41) is 2.89. The van der Waals surface area contributed by atoms with E-state index in [4.69, 9.17) is 11.6 Å². The molecule has 0 atom stereocenters. The van der Waals surface area contributed by atoms with Crippen LogP contribution in [0.4, 0.5) is 4.39 Å². The Labute approximate surface area is 120 Å². The Bertz CT molecular complexity index is 406. The molecular weight excluding hydrogens is 321 g/mol. The smallest absolute Gasteiger partial charge is 0.251 e. The molecular formula is C13H16BrClFNO. The first-order valence-electron chi connectivity index (χ1n) is 5.81. The molecule has 0 aromatic heterocycles. The van der Waals surface area contributed by atoms with Crippen molar-refractivity contribution in [2.24, 2.45) is 0 Å². The molecule has 0 saturated heterocycles. The van der Waals surface area contributed by atoms with Gasteiger partial charge in [-0.1, -0.05) is 29.8 Å². The number of hydrogen-bond donors (Lipinski definition) is 1. The fourth-order valence-corrected chi connectivity index (χ4v) is 2.56. The summed E-state index contributed by atoms with van der Waals surface area (Å²) in [6.07, 6.45) is 1.46. The summed E-state index contributed by atoms with van der Waals surface area (Å²) in [6, 6.07) is 4.11. The summed E-state index contributed by atoms with van der Waals surface area (Å²) in [4.78, 5) is 12.1. The molecule has 0 aliphatic rings. The minimum Gasteiger partial charge on any atom is -0.345 e. The predicted molar refractivity (Wildman–Crippen MR) is 75.6 cm³/mol. The van der Waals surface area contributed by atoms with Gasteiger partial charge in [0.2, 0.25) is 0 Å². The van der Waals surface area contributed by atoms with Gasteiger partial charge in [-0.15, -0.1) is 11.6 Å². The van der Waals surface area contributed by atoms with E-state index in [9.17, 15) is 9.18 Å². The zero-order valence-corrected chi connectivity index (χ0v) is 12.7. The first-order valence-corrected chi connectivity index (χ1v) is 7.13. The van der Waals surface area contributed by atoms with Crippen LogP contribution in [0.2, 0.25) is 0 Å². The normalized spacial score (nSPS) is 11.4. The van der Waals surface area contributed by atoms with Crippen LogP contribution in [-0.2, 0) is 0 Å². The van der Waals surface area contributed by atoms with Crippen LogP contribution in [0.3, 0.4) is 0 Å². The molecule has 1 aromatic rings. The Hall–Kier alpha value is -0.610. The van der Waals surface area contributed by atoms with Crippen LogP contribution >= 0.6 is 27.5 Å². The van der Waals surface area contributed by atoms with E-state index in [1.165, 1.54) is 12.1 Å². The number of rotatable bonds is 5. The molecule has 0 saturated carbocycles. The highest BCUT2D eigenvalue weighted by molar-refractivity contribution is 9.10. The fourth-order valence-electron chi connectivity index (χ4n) is 1.65. The molecule has 0 aliphatic heterocycles. The Kier molecular flexibility index (Phi) is 5.60. The average Bonchev–Trinajstić information content (AvgIpc) is 2.35. The zero-order chi connectivity index (χ0) is 13.8. The topological polar surface area (TPSA) is 29.1 Å². The molecule has 0 aliphatic carbocycles. The van der Waals surface area contributed by atoms with Crippen LogP contribution in [0.1, 0.15) is 37.0 Å². The lowest BCUT2D eigenvalue weighted by Gasteiger charge is -2.30. The van der Waals surface area contributed by atoms with Crippen LogP contribution in [0, 0.1) is 5.82 Å². The summed E-state index contributed by atoms with van der Waals surface area (Å²) >= 11 is 9.09. The molecule has 0 heterocycles. The van der Waals surface area contributed by atoms with Gasteiger partial charge < -0.3 is 5.32 Å². The van der Waals surface area contributed by atoms with Gasteiger partial charge in [-0.2, -0.15) is 0 Å². The van der Waals surface area contributed by atoms with E-state index in [1.54, 1.807) is 6.07 Å². The maximum Gasteiger partial charge on any atom is 0.251 e. The molecule has 0 spiro atoms. The Morgan fingerprint density at radius 1 is 1.39 bits per heavy atom. The Morgan fingerprint density at radius 3 is 2.44 bits per heavy atom. The van der Waals surface area contributed by atoms with Crippen molar-refractivity contribution < 1.29 is 9.18 Å². The number of alkyl halides is 1. The van der Waals surface area contributed by atoms with Crippen LogP contribution in [-0.4, -0.2) is 17.3 Å². The molecule has 1 amide bonds. The zero-order valence-electron chi connectivity index (χ0n) is 10.4. The molecule has 0 radical (unpaired) electrons. The lowest BCUT2D eigenvalue weighted by molar-refractivity contribution is 0.0902. The summed E-state index contributed by atoms with van der Waals surface area (Å²) in [6.45, 7) is 3.93. The number of carbonyl (C=O) groups excluding carboxylic acids is 1. The van der Waals surface area contributed by atoms with E-state index in [1.807, 2.05) is 13.8 Å². The lowest BCUT2D eigenvalue weighted by Crippen LogP contribution is -2.49. The first-order chi connectivity index (χ1) is 8.46. The fraction of sp³-hybridized carbons (Fsp3) is 0.462. The molecule has 0 bridgehead atoms. The number of amides is 1. The van der Waals surface area contributed by atoms with Crippen molar-refractivity contribution in [1.82, 2.24) is 5.32 Å². The summed E-state index contributed by atoms with van der Waals surface area (Å²) in [7, 11) is 0. The van der Waals surface area contributed by atoms with Crippen molar-refractivity contribution in [2.75, 3.05) is 5.88 Å². The Balaban J connectivity index is 2.94. The predicted octanol–water partition coefficient (Wildman–Crippen LogP) is 4.12. The van der Waals surface area contributed by atoms with E-state index in [0.717, 1.165) is 12.8 Å². The highest BCUT2D eigenvalue weighted by Gasteiger charge is 2.27. The SMILES string of the molecule is CCC(CC)(CCl)NC(=O)c1cc(F)cc(Br)c1. The molecule has 1 N–H and O–H groups in total. The van der Waals surface area contributed by atoms with Gasteiger partial charge in [-0.05, 0) is 31.0 Å². The maximum atomic E-state index is 13.2. The number of nitrogens with one attached hydrogen (secondary N) is 1.